The molecule has 1 unspecified atom stereocenters. The Morgan fingerprint density at radius 2 is 1.51 bits per heavy atom. The molecule has 1 atom stereocenters. The second-order valence-electron chi connectivity index (χ2n) is 7.05. The second-order valence-corrected chi connectivity index (χ2v) is 7.05. The molecular formula is C24H25NO10. The quantitative estimate of drug-likeness (QED) is 0.195. The first-order valence-electron chi connectivity index (χ1n) is 9.90. The highest BCUT2D eigenvalue weighted by Crippen LogP contribution is 2.39. The molecule has 1 aromatic rings. The zero-order valence-electron chi connectivity index (χ0n) is 18.7. The van der Waals surface area contributed by atoms with Gasteiger partial charge in [0.15, 0.2) is 0 Å². The number of benzene rings is 1. The highest BCUT2D eigenvalue weighted by molar-refractivity contribution is 5.96. The van der Waals surface area contributed by atoms with E-state index < -0.39 is 61.1 Å². The van der Waals surface area contributed by atoms with Crippen molar-refractivity contribution in [2.75, 3.05) is 19.8 Å². The number of esters is 3. The number of carbonyl (C=O) groups excluding carboxylic acids is 4. The molecular weight excluding hydrogens is 462 g/mol. The van der Waals surface area contributed by atoms with Crippen LogP contribution in [0.4, 0.5) is 0 Å². The van der Waals surface area contributed by atoms with Gasteiger partial charge < -0.3 is 30.2 Å². The summed E-state index contributed by atoms with van der Waals surface area (Å²) in [6.45, 7) is 7.76. The van der Waals surface area contributed by atoms with Crippen LogP contribution in [0.3, 0.4) is 0 Å². The van der Waals surface area contributed by atoms with E-state index in [0.29, 0.717) is 0 Å². The molecule has 0 fully saturated rings. The van der Waals surface area contributed by atoms with Crippen LogP contribution in [0.2, 0.25) is 0 Å². The molecule has 0 saturated heterocycles. The number of carboxylic acids is 1. The Morgan fingerprint density at radius 3 is 1.94 bits per heavy atom. The molecule has 0 saturated carbocycles. The first-order chi connectivity index (χ1) is 16.5. The van der Waals surface area contributed by atoms with Crippen LogP contribution >= 0.6 is 0 Å². The first kappa shape index (κ1) is 28.5. The number of aromatic carboxylic acids is 1. The van der Waals surface area contributed by atoms with Gasteiger partial charge in [0.05, 0.1) is 12.2 Å². The van der Waals surface area contributed by atoms with Gasteiger partial charge in [-0.25, -0.2) is 19.2 Å². The molecule has 0 aliphatic carbocycles. The average Bonchev–Trinajstić information content (AvgIpc) is 2.85. The van der Waals surface area contributed by atoms with Gasteiger partial charge in [-0.05, 0) is 23.3 Å². The Bertz CT molecular complexity index is 1030. The summed E-state index contributed by atoms with van der Waals surface area (Å²) in [6.07, 6.45) is 3.16. The normalized spacial score (nSPS) is 11.7. The molecule has 0 heterocycles. The summed E-state index contributed by atoms with van der Waals surface area (Å²) in [6, 6.07) is 3.78. The lowest BCUT2D eigenvalue weighted by Crippen LogP contribution is -2.44. The zero-order valence-corrected chi connectivity index (χ0v) is 18.7. The Morgan fingerprint density at radius 1 is 0.971 bits per heavy atom. The highest BCUT2D eigenvalue weighted by atomic mass is 16.6. The number of ether oxygens (including phenoxy) is 3. The molecule has 1 aromatic carbocycles. The third-order valence-corrected chi connectivity index (χ3v) is 4.65. The van der Waals surface area contributed by atoms with Crippen molar-refractivity contribution in [1.82, 2.24) is 0 Å². The van der Waals surface area contributed by atoms with Gasteiger partial charge in [0.2, 0.25) is 5.91 Å². The van der Waals surface area contributed by atoms with Crippen molar-refractivity contribution < 1.29 is 48.4 Å². The zero-order chi connectivity index (χ0) is 26.6. The monoisotopic (exact) mass is 487 g/mol. The van der Waals surface area contributed by atoms with Gasteiger partial charge in [-0.2, -0.15) is 0 Å². The lowest BCUT2D eigenvalue weighted by molar-refractivity contribution is -0.173. The molecule has 0 spiro atoms. The van der Waals surface area contributed by atoms with Crippen LogP contribution in [-0.4, -0.2) is 59.8 Å². The minimum absolute atomic E-state index is 0.0344. The van der Waals surface area contributed by atoms with Crippen LogP contribution in [0, 0.1) is 5.41 Å². The van der Waals surface area contributed by atoms with E-state index in [4.69, 9.17) is 19.9 Å². The number of aliphatic hydroxyl groups is 1. The lowest BCUT2D eigenvalue weighted by Gasteiger charge is -2.37. The number of hydrogen-bond donors (Lipinski definition) is 3. The number of carbonyl (C=O) groups is 5. The molecule has 1 amide bonds. The summed E-state index contributed by atoms with van der Waals surface area (Å²) in [5.74, 6) is -4.94. The second kappa shape index (κ2) is 13.3. The van der Waals surface area contributed by atoms with Gasteiger partial charge in [-0.15, -0.1) is 0 Å². The smallest absolute Gasteiger partial charge is 0.336 e. The minimum atomic E-state index is -1.78. The molecule has 11 heteroatoms. The molecule has 4 N–H and O–H groups in total. The van der Waals surface area contributed by atoms with Crippen LogP contribution in [0.15, 0.2) is 62.2 Å². The van der Waals surface area contributed by atoms with Crippen molar-refractivity contribution in [3.8, 4) is 0 Å². The minimum Gasteiger partial charge on any atom is -0.478 e. The standard InChI is InChI=1S/C24H25NO10/c1-4-19(28)33-13-24(12-26,14-34-20(29)5-2)22(35-21(30)6-3)16-8-7-15(9-10-18(25)27)17(11-16)23(31)32/h4-11,22,26H,1-3,12-14H2,(H2,25,27)(H,31,32). The van der Waals surface area contributed by atoms with E-state index in [9.17, 15) is 34.2 Å². The molecule has 0 radical (unpaired) electrons. The van der Waals surface area contributed by atoms with Crippen LogP contribution in [0.25, 0.3) is 6.08 Å². The van der Waals surface area contributed by atoms with Crippen LogP contribution in [0.5, 0.6) is 0 Å². The molecule has 35 heavy (non-hydrogen) atoms. The Labute approximate surface area is 200 Å². The van der Waals surface area contributed by atoms with E-state index in [1.54, 1.807) is 0 Å². The lowest BCUT2D eigenvalue weighted by atomic mass is 9.79. The predicted molar refractivity (Wildman–Crippen MR) is 122 cm³/mol. The van der Waals surface area contributed by atoms with E-state index in [-0.39, 0.29) is 16.7 Å². The van der Waals surface area contributed by atoms with E-state index in [0.717, 1.165) is 30.4 Å². The van der Waals surface area contributed by atoms with E-state index in [2.05, 4.69) is 19.7 Å². The van der Waals surface area contributed by atoms with Gasteiger partial charge in [-0.3, -0.25) is 4.79 Å². The summed E-state index contributed by atoms with van der Waals surface area (Å²) in [5, 5.41) is 20.0. The summed E-state index contributed by atoms with van der Waals surface area (Å²) < 4.78 is 15.5. The number of hydrogen-bond acceptors (Lipinski definition) is 9. The Kier molecular flexibility index (Phi) is 10.8. The van der Waals surface area contributed by atoms with Crippen molar-refractivity contribution in [2.45, 2.75) is 6.10 Å². The third kappa shape index (κ3) is 8.09. The average molecular weight is 487 g/mol. The summed E-state index contributed by atoms with van der Waals surface area (Å²) in [4.78, 5) is 58.5. The maximum absolute atomic E-state index is 12.2. The summed E-state index contributed by atoms with van der Waals surface area (Å²) >= 11 is 0. The number of rotatable bonds is 14. The number of primary amides is 1. The summed E-state index contributed by atoms with van der Waals surface area (Å²) in [7, 11) is 0. The fraction of sp³-hybridized carbons (Fsp3) is 0.208. The van der Waals surface area contributed by atoms with Crippen LogP contribution < -0.4 is 5.73 Å². The van der Waals surface area contributed by atoms with Crippen molar-refractivity contribution >= 4 is 35.9 Å². The molecule has 0 aliphatic rings. The van der Waals surface area contributed by atoms with Gasteiger partial charge in [0.1, 0.15) is 24.7 Å². The fourth-order valence-electron chi connectivity index (χ4n) is 2.87. The Hall–Kier alpha value is -4.51. The highest BCUT2D eigenvalue weighted by Gasteiger charge is 2.45. The van der Waals surface area contributed by atoms with Gasteiger partial charge in [0.25, 0.3) is 0 Å². The van der Waals surface area contributed by atoms with Crippen molar-refractivity contribution in [3.05, 3.63) is 78.9 Å². The molecule has 0 bridgehead atoms. The first-order valence-corrected chi connectivity index (χ1v) is 9.90. The van der Waals surface area contributed by atoms with Crippen molar-refractivity contribution in [2.24, 2.45) is 11.1 Å². The fourth-order valence-corrected chi connectivity index (χ4v) is 2.87. The van der Waals surface area contributed by atoms with Crippen molar-refractivity contribution in [3.63, 3.8) is 0 Å². The van der Waals surface area contributed by atoms with Gasteiger partial charge in [-0.1, -0.05) is 31.9 Å². The Balaban J connectivity index is 3.73. The third-order valence-electron chi connectivity index (χ3n) is 4.65. The van der Waals surface area contributed by atoms with E-state index in [1.165, 1.54) is 18.2 Å². The predicted octanol–water partition coefficient (Wildman–Crippen LogP) is 1.09. The SMILES string of the molecule is C=CC(=O)OCC(CO)(COC(=O)C=C)C(OC(=O)C=C)c1ccc(C=CC(N)=O)c(C(=O)O)c1. The maximum atomic E-state index is 12.2. The molecule has 0 aromatic heterocycles. The molecule has 0 aliphatic heterocycles. The summed E-state index contributed by atoms with van der Waals surface area (Å²) in [5.41, 5.74) is 3.11. The molecule has 1 rings (SSSR count). The molecule has 186 valence electrons. The number of aliphatic hydroxyl groups excluding tert-OH is 1. The molecule has 11 nitrogen and oxygen atoms in total. The van der Waals surface area contributed by atoms with E-state index in [1.807, 2.05) is 0 Å². The maximum Gasteiger partial charge on any atom is 0.336 e. The number of nitrogens with two attached hydrogens (primary N) is 1. The number of amides is 1. The van der Waals surface area contributed by atoms with Crippen LogP contribution in [0.1, 0.15) is 27.6 Å². The number of carboxylic acid groups (broad SMARTS) is 1. The van der Waals surface area contributed by atoms with Gasteiger partial charge in [0, 0.05) is 24.3 Å². The largest absolute Gasteiger partial charge is 0.478 e. The van der Waals surface area contributed by atoms with E-state index >= 15 is 0 Å². The van der Waals surface area contributed by atoms with Crippen LogP contribution in [-0.2, 0) is 33.4 Å². The topological polar surface area (TPSA) is 180 Å². The van der Waals surface area contributed by atoms with Gasteiger partial charge >= 0.3 is 23.9 Å². The van der Waals surface area contributed by atoms with Crippen molar-refractivity contribution in [1.29, 1.82) is 0 Å².